The number of hydrogen-bond acceptors (Lipinski definition) is 5. The van der Waals surface area contributed by atoms with Gasteiger partial charge in [-0.05, 0) is 31.2 Å². The van der Waals surface area contributed by atoms with Crippen LogP contribution in [0.25, 0.3) is 11.3 Å². The molecule has 2 aromatic carbocycles. The minimum Gasteiger partial charge on any atom is -0.497 e. The van der Waals surface area contributed by atoms with E-state index in [-0.39, 0.29) is 12.5 Å². The van der Waals surface area contributed by atoms with Gasteiger partial charge in [-0.25, -0.2) is 0 Å². The van der Waals surface area contributed by atoms with Gasteiger partial charge in [-0.2, -0.15) is 0 Å². The quantitative estimate of drug-likeness (QED) is 0.702. The predicted molar refractivity (Wildman–Crippen MR) is 97.3 cm³/mol. The van der Waals surface area contributed by atoms with E-state index in [2.05, 4.69) is 10.5 Å². The molecule has 0 radical (unpaired) electrons. The van der Waals surface area contributed by atoms with Gasteiger partial charge < -0.3 is 19.3 Å². The molecule has 134 valence electrons. The van der Waals surface area contributed by atoms with Crippen molar-refractivity contribution in [3.05, 3.63) is 65.9 Å². The molecule has 3 rings (SSSR count). The number of amides is 1. The summed E-state index contributed by atoms with van der Waals surface area (Å²) in [5.74, 6) is 1.69. The molecule has 0 saturated heterocycles. The molecule has 6 nitrogen and oxygen atoms in total. The topological polar surface area (TPSA) is 73.6 Å². The molecule has 0 aliphatic carbocycles. The summed E-state index contributed by atoms with van der Waals surface area (Å²) < 4.78 is 16.1. The van der Waals surface area contributed by atoms with Crippen molar-refractivity contribution in [3.63, 3.8) is 0 Å². The molecule has 0 aliphatic rings. The zero-order chi connectivity index (χ0) is 18.4. The standard InChI is InChI=1S/C20H20N2O4/c1-3-25-18-10-5-4-9-17(18)20(23)21-13-15-12-19(26-22-15)14-7-6-8-16(11-14)24-2/h4-12H,3,13H2,1-2H3,(H,21,23). The highest BCUT2D eigenvalue weighted by molar-refractivity contribution is 5.96. The second-order valence-corrected chi connectivity index (χ2v) is 5.53. The van der Waals surface area contributed by atoms with Crippen LogP contribution in [0.1, 0.15) is 23.0 Å². The molecule has 0 bridgehead atoms. The predicted octanol–water partition coefficient (Wildman–Crippen LogP) is 3.68. The largest absolute Gasteiger partial charge is 0.497 e. The third-order valence-electron chi connectivity index (χ3n) is 3.77. The Labute approximate surface area is 151 Å². The smallest absolute Gasteiger partial charge is 0.255 e. The summed E-state index contributed by atoms with van der Waals surface area (Å²) in [6.45, 7) is 2.63. The summed E-state index contributed by atoms with van der Waals surface area (Å²) in [4.78, 5) is 12.4. The van der Waals surface area contributed by atoms with Crippen molar-refractivity contribution in [1.29, 1.82) is 0 Å². The number of carbonyl (C=O) groups is 1. The molecule has 1 N–H and O–H groups in total. The minimum atomic E-state index is -0.222. The molecule has 0 atom stereocenters. The lowest BCUT2D eigenvalue weighted by Crippen LogP contribution is -2.23. The molecule has 1 amide bonds. The molecular formula is C20H20N2O4. The number of rotatable bonds is 7. The van der Waals surface area contributed by atoms with Crippen molar-refractivity contribution in [2.24, 2.45) is 0 Å². The van der Waals surface area contributed by atoms with E-state index in [0.717, 1.165) is 11.3 Å². The zero-order valence-corrected chi connectivity index (χ0v) is 14.7. The number of benzene rings is 2. The maximum Gasteiger partial charge on any atom is 0.255 e. The Morgan fingerprint density at radius 2 is 2.00 bits per heavy atom. The van der Waals surface area contributed by atoms with E-state index < -0.39 is 0 Å². The fraction of sp³-hybridized carbons (Fsp3) is 0.200. The first-order valence-corrected chi connectivity index (χ1v) is 8.31. The molecule has 0 saturated carbocycles. The number of hydrogen-bond donors (Lipinski definition) is 1. The number of carbonyl (C=O) groups excluding carboxylic acids is 1. The first kappa shape index (κ1) is 17.5. The van der Waals surface area contributed by atoms with E-state index in [1.165, 1.54) is 0 Å². The van der Waals surface area contributed by atoms with E-state index >= 15 is 0 Å². The molecule has 0 spiro atoms. The molecule has 0 unspecified atom stereocenters. The fourth-order valence-electron chi connectivity index (χ4n) is 2.51. The SMILES string of the molecule is CCOc1ccccc1C(=O)NCc1cc(-c2cccc(OC)c2)on1. The van der Waals surface area contributed by atoms with Crippen LogP contribution in [-0.4, -0.2) is 24.8 Å². The van der Waals surface area contributed by atoms with Crippen molar-refractivity contribution in [2.45, 2.75) is 13.5 Å². The van der Waals surface area contributed by atoms with Crippen LogP contribution >= 0.6 is 0 Å². The molecule has 0 fully saturated rings. The van der Waals surface area contributed by atoms with E-state index in [1.807, 2.05) is 37.3 Å². The summed E-state index contributed by atoms with van der Waals surface area (Å²) >= 11 is 0. The number of methoxy groups -OCH3 is 1. The van der Waals surface area contributed by atoms with Crippen LogP contribution in [0.4, 0.5) is 0 Å². The Bertz CT molecular complexity index is 889. The summed E-state index contributed by atoms with van der Waals surface area (Å²) in [5.41, 5.74) is 1.98. The Morgan fingerprint density at radius 3 is 2.81 bits per heavy atom. The lowest BCUT2D eigenvalue weighted by molar-refractivity contribution is 0.0946. The summed E-state index contributed by atoms with van der Waals surface area (Å²) in [7, 11) is 1.61. The number of ether oxygens (including phenoxy) is 2. The third kappa shape index (κ3) is 4.03. The van der Waals surface area contributed by atoms with Crippen LogP contribution in [0.5, 0.6) is 11.5 Å². The second-order valence-electron chi connectivity index (χ2n) is 5.53. The van der Waals surface area contributed by atoms with Crippen molar-refractivity contribution >= 4 is 5.91 Å². The average molecular weight is 352 g/mol. The highest BCUT2D eigenvalue weighted by Gasteiger charge is 2.13. The Balaban J connectivity index is 1.67. The minimum absolute atomic E-state index is 0.222. The Kier molecular flexibility index (Phi) is 5.53. The van der Waals surface area contributed by atoms with Gasteiger partial charge in [0.15, 0.2) is 5.76 Å². The van der Waals surface area contributed by atoms with Crippen molar-refractivity contribution in [2.75, 3.05) is 13.7 Å². The molecule has 6 heteroatoms. The Morgan fingerprint density at radius 1 is 1.15 bits per heavy atom. The fourth-order valence-corrected chi connectivity index (χ4v) is 2.51. The van der Waals surface area contributed by atoms with E-state index in [9.17, 15) is 4.79 Å². The molecule has 26 heavy (non-hydrogen) atoms. The van der Waals surface area contributed by atoms with Crippen LogP contribution in [0.3, 0.4) is 0 Å². The van der Waals surface area contributed by atoms with Crippen LogP contribution < -0.4 is 14.8 Å². The highest BCUT2D eigenvalue weighted by atomic mass is 16.5. The summed E-state index contributed by atoms with van der Waals surface area (Å²) in [6, 6.07) is 16.4. The normalized spacial score (nSPS) is 10.4. The first-order chi connectivity index (χ1) is 12.7. The van der Waals surface area contributed by atoms with Gasteiger partial charge in [0.05, 0.1) is 25.8 Å². The number of para-hydroxylation sites is 1. The van der Waals surface area contributed by atoms with Crippen LogP contribution in [0.2, 0.25) is 0 Å². The van der Waals surface area contributed by atoms with Crippen LogP contribution in [-0.2, 0) is 6.54 Å². The zero-order valence-electron chi connectivity index (χ0n) is 14.7. The monoisotopic (exact) mass is 352 g/mol. The second kappa shape index (κ2) is 8.20. The van der Waals surface area contributed by atoms with Gasteiger partial charge in [0.1, 0.15) is 17.2 Å². The summed E-state index contributed by atoms with van der Waals surface area (Å²) in [5, 5.41) is 6.85. The third-order valence-corrected chi connectivity index (χ3v) is 3.77. The summed E-state index contributed by atoms with van der Waals surface area (Å²) in [6.07, 6.45) is 0. The molecule has 0 aliphatic heterocycles. The Hall–Kier alpha value is -3.28. The lowest BCUT2D eigenvalue weighted by atomic mass is 10.1. The van der Waals surface area contributed by atoms with Gasteiger partial charge >= 0.3 is 0 Å². The van der Waals surface area contributed by atoms with Gasteiger partial charge in [0.2, 0.25) is 0 Å². The number of nitrogens with one attached hydrogen (secondary N) is 1. The van der Waals surface area contributed by atoms with Gasteiger partial charge in [-0.1, -0.05) is 29.4 Å². The van der Waals surface area contributed by atoms with E-state index in [4.69, 9.17) is 14.0 Å². The van der Waals surface area contributed by atoms with E-state index in [0.29, 0.717) is 29.4 Å². The maximum atomic E-state index is 12.4. The molecular weight excluding hydrogens is 332 g/mol. The highest BCUT2D eigenvalue weighted by Crippen LogP contribution is 2.24. The van der Waals surface area contributed by atoms with E-state index in [1.54, 1.807) is 31.4 Å². The first-order valence-electron chi connectivity index (χ1n) is 8.31. The maximum absolute atomic E-state index is 12.4. The average Bonchev–Trinajstić information content (AvgIpc) is 3.16. The molecule has 1 heterocycles. The van der Waals surface area contributed by atoms with Crippen molar-refractivity contribution in [3.8, 4) is 22.8 Å². The van der Waals surface area contributed by atoms with Crippen molar-refractivity contribution in [1.82, 2.24) is 10.5 Å². The van der Waals surface area contributed by atoms with Gasteiger partial charge in [-0.15, -0.1) is 0 Å². The van der Waals surface area contributed by atoms with Crippen molar-refractivity contribution < 1.29 is 18.8 Å². The van der Waals surface area contributed by atoms with Crippen LogP contribution in [0.15, 0.2) is 59.1 Å². The lowest BCUT2D eigenvalue weighted by Gasteiger charge is -2.09. The number of nitrogens with zero attached hydrogens (tertiary/aromatic N) is 1. The van der Waals surface area contributed by atoms with Crippen LogP contribution in [0, 0.1) is 0 Å². The molecule has 3 aromatic rings. The number of aromatic nitrogens is 1. The van der Waals surface area contributed by atoms with Gasteiger partial charge in [0.25, 0.3) is 5.91 Å². The van der Waals surface area contributed by atoms with Gasteiger partial charge in [-0.3, -0.25) is 4.79 Å². The molecule has 1 aromatic heterocycles. The van der Waals surface area contributed by atoms with Gasteiger partial charge in [0, 0.05) is 11.6 Å².